The monoisotopic (exact) mass is 337 g/mol. The van der Waals surface area contributed by atoms with Crippen LogP contribution in [0.4, 0.5) is 0 Å². The van der Waals surface area contributed by atoms with Gasteiger partial charge in [-0.15, -0.1) is 11.3 Å². The second-order valence-corrected chi connectivity index (χ2v) is 6.92. The Bertz CT molecular complexity index is 823. The smallest absolute Gasteiger partial charge is 0.118 e. The maximum absolute atomic E-state index is 5.25. The SMILES string of the molecule is COc1ccc(-c2ncsc2-c2ncncc2C2CCCC2)cc1. The highest BCUT2D eigenvalue weighted by molar-refractivity contribution is 7.13. The van der Waals surface area contributed by atoms with Crippen molar-refractivity contribution in [2.45, 2.75) is 31.6 Å². The summed E-state index contributed by atoms with van der Waals surface area (Å²) in [6.45, 7) is 0. The highest BCUT2D eigenvalue weighted by Gasteiger charge is 2.24. The molecule has 2 heterocycles. The first-order chi connectivity index (χ1) is 11.9. The van der Waals surface area contributed by atoms with Crippen molar-refractivity contribution in [1.82, 2.24) is 15.0 Å². The van der Waals surface area contributed by atoms with Crippen LogP contribution in [-0.4, -0.2) is 22.1 Å². The van der Waals surface area contributed by atoms with Crippen LogP contribution in [0, 0.1) is 0 Å². The van der Waals surface area contributed by atoms with Crippen LogP contribution < -0.4 is 4.74 Å². The molecule has 0 spiro atoms. The molecule has 0 N–H and O–H groups in total. The molecular formula is C19H19N3OS. The Kier molecular flexibility index (Phi) is 4.26. The van der Waals surface area contributed by atoms with Gasteiger partial charge in [0, 0.05) is 17.3 Å². The van der Waals surface area contributed by atoms with Gasteiger partial charge in [0.2, 0.25) is 0 Å². The molecule has 1 aliphatic rings. The van der Waals surface area contributed by atoms with Crippen LogP contribution >= 0.6 is 11.3 Å². The number of aromatic nitrogens is 3. The zero-order valence-corrected chi connectivity index (χ0v) is 14.4. The van der Waals surface area contributed by atoms with E-state index in [0.29, 0.717) is 5.92 Å². The molecule has 1 aromatic carbocycles. The van der Waals surface area contributed by atoms with E-state index in [1.54, 1.807) is 24.8 Å². The van der Waals surface area contributed by atoms with E-state index < -0.39 is 0 Å². The van der Waals surface area contributed by atoms with Gasteiger partial charge in [-0.25, -0.2) is 15.0 Å². The lowest BCUT2D eigenvalue weighted by Crippen LogP contribution is -1.99. The molecule has 0 saturated heterocycles. The van der Waals surface area contributed by atoms with Crippen molar-refractivity contribution in [3.05, 3.63) is 47.9 Å². The fraction of sp³-hybridized carbons (Fsp3) is 0.316. The summed E-state index contributed by atoms with van der Waals surface area (Å²) in [6, 6.07) is 8.04. The Hall–Kier alpha value is -2.27. The summed E-state index contributed by atoms with van der Waals surface area (Å²) in [5, 5.41) is 0. The molecule has 0 radical (unpaired) electrons. The summed E-state index contributed by atoms with van der Waals surface area (Å²) in [5.74, 6) is 1.43. The molecule has 1 aliphatic carbocycles. The van der Waals surface area contributed by atoms with Gasteiger partial charge in [-0.3, -0.25) is 0 Å². The highest BCUT2D eigenvalue weighted by atomic mass is 32.1. The highest BCUT2D eigenvalue weighted by Crippen LogP contribution is 2.41. The number of hydrogen-bond donors (Lipinski definition) is 0. The lowest BCUT2D eigenvalue weighted by Gasteiger charge is -2.13. The standard InChI is InChI=1S/C19H19N3OS/c1-23-15-8-6-14(7-9-15)17-19(24-12-22-17)18-16(10-20-11-21-18)13-4-2-3-5-13/h6-13H,2-5H2,1H3. The van der Waals surface area contributed by atoms with Gasteiger partial charge in [0.15, 0.2) is 0 Å². The zero-order valence-electron chi connectivity index (χ0n) is 13.6. The van der Waals surface area contributed by atoms with Crippen molar-refractivity contribution in [1.29, 1.82) is 0 Å². The molecule has 0 atom stereocenters. The van der Waals surface area contributed by atoms with Gasteiger partial charge < -0.3 is 4.74 Å². The zero-order chi connectivity index (χ0) is 16.4. The lowest BCUT2D eigenvalue weighted by atomic mass is 9.96. The Morgan fingerprint density at radius 2 is 1.83 bits per heavy atom. The molecule has 0 bridgehead atoms. The minimum Gasteiger partial charge on any atom is -0.497 e. The lowest BCUT2D eigenvalue weighted by molar-refractivity contribution is 0.415. The fourth-order valence-corrected chi connectivity index (χ4v) is 4.26. The number of thiazole rings is 1. The van der Waals surface area contributed by atoms with Crippen LogP contribution in [0.3, 0.4) is 0 Å². The van der Waals surface area contributed by atoms with Crippen LogP contribution in [0.25, 0.3) is 21.8 Å². The van der Waals surface area contributed by atoms with Crippen molar-refractivity contribution < 1.29 is 4.74 Å². The van der Waals surface area contributed by atoms with Gasteiger partial charge in [0.05, 0.1) is 28.9 Å². The van der Waals surface area contributed by atoms with Crippen LogP contribution in [0.2, 0.25) is 0 Å². The molecule has 1 saturated carbocycles. The largest absolute Gasteiger partial charge is 0.497 e. The first-order valence-corrected chi connectivity index (χ1v) is 9.13. The molecule has 4 rings (SSSR count). The van der Waals surface area contributed by atoms with Crippen LogP contribution in [0.15, 0.2) is 42.3 Å². The van der Waals surface area contributed by atoms with Gasteiger partial charge in [-0.2, -0.15) is 0 Å². The van der Waals surface area contributed by atoms with Crippen LogP contribution in [-0.2, 0) is 0 Å². The van der Waals surface area contributed by atoms with E-state index >= 15 is 0 Å². The molecule has 0 aliphatic heterocycles. The quantitative estimate of drug-likeness (QED) is 0.677. The predicted molar refractivity (Wildman–Crippen MR) is 96.3 cm³/mol. The van der Waals surface area contributed by atoms with Crippen molar-refractivity contribution in [3.63, 3.8) is 0 Å². The Morgan fingerprint density at radius 1 is 1.04 bits per heavy atom. The summed E-state index contributed by atoms with van der Waals surface area (Å²) in [7, 11) is 1.68. The first kappa shape index (κ1) is 15.3. The van der Waals surface area contributed by atoms with Crippen molar-refractivity contribution in [2.24, 2.45) is 0 Å². The van der Waals surface area contributed by atoms with E-state index in [4.69, 9.17) is 4.74 Å². The molecular weight excluding hydrogens is 318 g/mol. The Labute approximate surface area is 145 Å². The van der Waals surface area contributed by atoms with E-state index in [-0.39, 0.29) is 0 Å². The first-order valence-electron chi connectivity index (χ1n) is 8.25. The molecule has 0 amide bonds. The second kappa shape index (κ2) is 6.69. The fourth-order valence-electron chi connectivity index (χ4n) is 3.43. The molecule has 0 unspecified atom stereocenters. The summed E-state index contributed by atoms with van der Waals surface area (Å²) in [5.41, 5.74) is 6.29. The third-order valence-electron chi connectivity index (χ3n) is 4.68. The van der Waals surface area contributed by atoms with E-state index in [0.717, 1.165) is 27.6 Å². The average molecular weight is 337 g/mol. The summed E-state index contributed by atoms with van der Waals surface area (Å²) < 4.78 is 5.25. The van der Waals surface area contributed by atoms with Crippen molar-refractivity contribution in [3.8, 4) is 27.6 Å². The summed E-state index contributed by atoms with van der Waals surface area (Å²) >= 11 is 1.65. The van der Waals surface area contributed by atoms with Crippen LogP contribution in [0.1, 0.15) is 37.2 Å². The Morgan fingerprint density at radius 3 is 2.58 bits per heavy atom. The molecule has 1 fully saturated rings. The van der Waals surface area contributed by atoms with Gasteiger partial charge in [-0.05, 0) is 43.0 Å². The van der Waals surface area contributed by atoms with E-state index in [1.807, 2.05) is 36.0 Å². The van der Waals surface area contributed by atoms with Gasteiger partial charge in [-0.1, -0.05) is 12.8 Å². The van der Waals surface area contributed by atoms with E-state index in [1.165, 1.54) is 31.2 Å². The van der Waals surface area contributed by atoms with E-state index in [9.17, 15) is 0 Å². The van der Waals surface area contributed by atoms with Gasteiger partial charge in [0.25, 0.3) is 0 Å². The summed E-state index contributed by atoms with van der Waals surface area (Å²) in [4.78, 5) is 14.6. The number of benzene rings is 1. The molecule has 24 heavy (non-hydrogen) atoms. The predicted octanol–water partition coefficient (Wildman–Crippen LogP) is 4.93. The van der Waals surface area contributed by atoms with Gasteiger partial charge >= 0.3 is 0 Å². The van der Waals surface area contributed by atoms with E-state index in [2.05, 4.69) is 15.0 Å². The molecule has 4 nitrogen and oxygen atoms in total. The Balaban J connectivity index is 1.77. The normalized spacial score (nSPS) is 14.9. The van der Waals surface area contributed by atoms with Crippen molar-refractivity contribution in [2.75, 3.05) is 7.11 Å². The topological polar surface area (TPSA) is 47.9 Å². The second-order valence-electron chi connectivity index (χ2n) is 6.07. The maximum Gasteiger partial charge on any atom is 0.118 e. The molecule has 5 heteroatoms. The molecule has 122 valence electrons. The van der Waals surface area contributed by atoms with Gasteiger partial charge in [0.1, 0.15) is 12.1 Å². The van der Waals surface area contributed by atoms with Crippen molar-refractivity contribution >= 4 is 11.3 Å². The maximum atomic E-state index is 5.25. The third-order valence-corrected chi connectivity index (χ3v) is 5.51. The number of hydrogen-bond acceptors (Lipinski definition) is 5. The van der Waals surface area contributed by atoms with Crippen LogP contribution in [0.5, 0.6) is 5.75 Å². The summed E-state index contributed by atoms with van der Waals surface area (Å²) in [6.07, 6.45) is 8.70. The minimum absolute atomic E-state index is 0.576. The number of rotatable bonds is 4. The number of ether oxygens (including phenoxy) is 1. The third kappa shape index (κ3) is 2.80. The number of methoxy groups -OCH3 is 1. The minimum atomic E-state index is 0.576. The molecule has 2 aromatic heterocycles. The molecule has 3 aromatic rings. The average Bonchev–Trinajstić information content (AvgIpc) is 3.33. The number of nitrogens with zero attached hydrogens (tertiary/aromatic N) is 3.